The number of fused-ring (bicyclic) bond motifs is 1. The molecular weight excluding hydrogens is 337 g/mol. The molecule has 0 unspecified atom stereocenters. The molecule has 2 aromatic carbocycles. The van der Waals surface area contributed by atoms with Gasteiger partial charge in [0.1, 0.15) is 11.4 Å². The Labute approximate surface area is 155 Å². The predicted molar refractivity (Wildman–Crippen MR) is 97.7 cm³/mol. The summed E-state index contributed by atoms with van der Waals surface area (Å²) < 4.78 is 10.5. The molecule has 1 heterocycles. The number of allylic oxidation sites excluding steroid dienone is 2. The van der Waals surface area contributed by atoms with Gasteiger partial charge in [0.25, 0.3) is 0 Å². The zero-order valence-electron chi connectivity index (χ0n) is 14.4. The fraction of sp³-hybridized carbons (Fsp3) is 0.150. The number of nitrogens with zero attached hydrogens (tertiary/aromatic N) is 1. The van der Waals surface area contributed by atoms with Crippen LogP contribution in [0.3, 0.4) is 0 Å². The number of rotatable bonds is 3. The molecule has 0 spiro atoms. The average Bonchev–Trinajstić information content (AvgIpc) is 3.07. The Bertz CT molecular complexity index is 730. The Morgan fingerprint density at radius 1 is 1.00 bits per heavy atom. The van der Waals surface area contributed by atoms with Crippen molar-refractivity contribution < 1.29 is 27.8 Å². The summed E-state index contributed by atoms with van der Waals surface area (Å²) in [4.78, 5) is 0. The van der Waals surface area contributed by atoms with Crippen LogP contribution >= 0.6 is 0 Å². The second-order valence-corrected chi connectivity index (χ2v) is 4.23. The van der Waals surface area contributed by atoms with Crippen LogP contribution in [0.5, 0.6) is 5.75 Å². The van der Waals surface area contributed by atoms with E-state index in [0.29, 0.717) is 0 Å². The van der Waals surface area contributed by atoms with Gasteiger partial charge in [-0.25, -0.2) is 0 Å². The van der Waals surface area contributed by atoms with Crippen molar-refractivity contribution in [1.29, 1.82) is 0 Å². The van der Waals surface area contributed by atoms with Crippen LogP contribution in [-0.4, -0.2) is 12.3 Å². The van der Waals surface area contributed by atoms with Crippen molar-refractivity contribution in [3.05, 3.63) is 73.8 Å². The fourth-order valence-electron chi connectivity index (χ4n) is 1.85. The van der Waals surface area contributed by atoms with Crippen molar-refractivity contribution in [2.24, 2.45) is 0 Å². The van der Waals surface area contributed by atoms with Gasteiger partial charge in [0.15, 0.2) is 5.58 Å². The van der Waals surface area contributed by atoms with Crippen LogP contribution in [0.2, 0.25) is 0 Å². The summed E-state index contributed by atoms with van der Waals surface area (Å²) in [6.07, 6.45) is 3.28. The molecule has 3 aromatic rings. The van der Waals surface area contributed by atoms with E-state index in [4.69, 9.17) is 9.26 Å². The average molecular weight is 360 g/mol. The van der Waals surface area contributed by atoms with Crippen LogP contribution < -0.4 is 4.74 Å². The minimum atomic E-state index is 0. The minimum Gasteiger partial charge on any atom is -0.497 e. The largest absolute Gasteiger partial charge is 0.497 e. The molecule has 4 heteroatoms. The molecule has 0 saturated heterocycles. The maximum atomic E-state index is 5.32. The Kier molecular flexibility index (Phi) is 11.1. The standard InChI is InChI=1S/C14H11NO2.C4H6.C2H6.V/c1-16-11-7-8-12-13(9-11)17-15-14(12)10-5-3-2-4-6-10;1-3-4-2;1-2;/h2-9H,1H3;3-4H,1-2H2;1-2H3;. The summed E-state index contributed by atoms with van der Waals surface area (Å²) in [5, 5.41) is 5.11. The van der Waals surface area contributed by atoms with Gasteiger partial charge in [-0.15, -0.1) is 0 Å². The first-order chi connectivity index (χ1) is 11.3. The molecule has 0 atom stereocenters. The van der Waals surface area contributed by atoms with E-state index in [9.17, 15) is 0 Å². The van der Waals surface area contributed by atoms with Crippen molar-refractivity contribution >= 4 is 11.0 Å². The first-order valence-corrected chi connectivity index (χ1v) is 7.52. The molecule has 24 heavy (non-hydrogen) atoms. The third-order valence-corrected chi connectivity index (χ3v) is 2.89. The molecule has 0 aliphatic rings. The molecular formula is C20H23NO2V. The molecule has 3 rings (SSSR count). The van der Waals surface area contributed by atoms with E-state index in [2.05, 4.69) is 18.3 Å². The van der Waals surface area contributed by atoms with E-state index in [0.717, 1.165) is 28.0 Å². The third-order valence-electron chi connectivity index (χ3n) is 2.89. The van der Waals surface area contributed by atoms with Gasteiger partial charge < -0.3 is 9.26 Å². The number of methoxy groups -OCH3 is 1. The van der Waals surface area contributed by atoms with Gasteiger partial charge in [-0.1, -0.05) is 74.6 Å². The van der Waals surface area contributed by atoms with Crippen molar-refractivity contribution in [1.82, 2.24) is 5.16 Å². The van der Waals surface area contributed by atoms with E-state index in [-0.39, 0.29) is 18.6 Å². The molecule has 0 aliphatic heterocycles. The Balaban J connectivity index is 0.000000669. The molecule has 0 fully saturated rings. The van der Waals surface area contributed by atoms with E-state index >= 15 is 0 Å². The van der Waals surface area contributed by atoms with Gasteiger partial charge in [-0.3, -0.25) is 0 Å². The van der Waals surface area contributed by atoms with Crippen molar-refractivity contribution in [3.63, 3.8) is 0 Å². The van der Waals surface area contributed by atoms with Gasteiger partial charge in [0.05, 0.1) is 7.11 Å². The molecule has 1 aromatic heterocycles. The second kappa shape index (κ2) is 12.2. The van der Waals surface area contributed by atoms with Crippen LogP contribution in [0.15, 0.2) is 78.4 Å². The number of aromatic nitrogens is 1. The van der Waals surface area contributed by atoms with Crippen molar-refractivity contribution in [2.45, 2.75) is 13.8 Å². The Morgan fingerprint density at radius 3 is 2.17 bits per heavy atom. The first kappa shape index (κ1) is 21.8. The zero-order chi connectivity index (χ0) is 17.1. The van der Waals surface area contributed by atoms with Crippen molar-refractivity contribution in [3.8, 4) is 17.0 Å². The van der Waals surface area contributed by atoms with Gasteiger partial charge >= 0.3 is 0 Å². The molecule has 3 nitrogen and oxygen atoms in total. The monoisotopic (exact) mass is 360 g/mol. The summed E-state index contributed by atoms with van der Waals surface area (Å²) in [6.45, 7) is 10.7. The quantitative estimate of drug-likeness (QED) is 0.547. The summed E-state index contributed by atoms with van der Waals surface area (Å²) in [7, 11) is 1.63. The molecule has 1 radical (unpaired) electrons. The topological polar surface area (TPSA) is 35.3 Å². The summed E-state index contributed by atoms with van der Waals surface area (Å²) in [5.41, 5.74) is 2.66. The normalized spacial score (nSPS) is 8.62. The van der Waals surface area contributed by atoms with Gasteiger partial charge in [0.2, 0.25) is 0 Å². The van der Waals surface area contributed by atoms with Crippen molar-refractivity contribution in [2.75, 3.05) is 7.11 Å². The molecule has 125 valence electrons. The third kappa shape index (κ3) is 5.76. The Morgan fingerprint density at radius 2 is 1.62 bits per heavy atom. The second-order valence-electron chi connectivity index (χ2n) is 4.23. The van der Waals surface area contributed by atoms with Gasteiger partial charge in [-0.2, -0.15) is 0 Å². The van der Waals surface area contributed by atoms with E-state index in [1.54, 1.807) is 19.3 Å². The minimum absolute atomic E-state index is 0. The van der Waals surface area contributed by atoms with E-state index in [1.165, 1.54) is 0 Å². The fourth-order valence-corrected chi connectivity index (χ4v) is 1.85. The van der Waals surface area contributed by atoms with E-state index < -0.39 is 0 Å². The number of benzene rings is 2. The summed E-state index contributed by atoms with van der Waals surface area (Å²) >= 11 is 0. The van der Waals surface area contributed by atoms with E-state index in [1.807, 2.05) is 62.4 Å². The number of hydrogen-bond donors (Lipinski definition) is 0. The van der Waals surface area contributed by atoms with Gasteiger partial charge in [-0.05, 0) is 12.1 Å². The molecule has 0 bridgehead atoms. The molecule has 0 amide bonds. The molecule has 0 N–H and O–H groups in total. The number of ether oxygens (including phenoxy) is 1. The summed E-state index contributed by atoms with van der Waals surface area (Å²) in [5.74, 6) is 0.772. The smallest absolute Gasteiger partial charge is 0.171 e. The van der Waals surface area contributed by atoms with Crippen LogP contribution in [0.1, 0.15) is 13.8 Å². The maximum Gasteiger partial charge on any atom is 0.171 e. The molecule has 0 aliphatic carbocycles. The molecule has 0 saturated carbocycles. The SMILES string of the molecule is C=CC=C.CC.COc1ccc2c(-c3ccccc3)noc2c1.[V]. The van der Waals surface area contributed by atoms with Crippen LogP contribution in [0.25, 0.3) is 22.2 Å². The number of hydrogen-bond acceptors (Lipinski definition) is 3. The van der Waals surface area contributed by atoms with Crippen LogP contribution in [-0.2, 0) is 18.6 Å². The van der Waals surface area contributed by atoms with Crippen LogP contribution in [0.4, 0.5) is 0 Å². The zero-order valence-corrected chi connectivity index (χ0v) is 15.8. The van der Waals surface area contributed by atoms with Gasteiger partial charge in [0, 0.05) is 35.6 Å². The first-order valence-electron chi connectivity index (χ1n) is 7.52. The van der Waals surface area contributed by atoms with Crippen LogP contribution in [0, 0.1) is 0 Å². The summed E-state index contributed by atoms with van der Waals surface area (Å²) in [6, 6.07) is 15.7. The Hall–Kier alpha value is -2.23. The maximum absolute atomic E-state index is 5.32. The predicted octanol–water partition coefficient (Wildman–Crippen LogP) is 5.89.